The van der Waals surface area contributed by atoms with Crippen molar-refractivity contribution in [3.63, 3.8) is 0 Å². The molecule has 1 aliphatic rings. The van der Waals surface area contributed by atoms with E-state index < -0.39 is 0 Å². The topological polar surface area (TPSA) is 24.9 Å². The van der Waals surface area contributed by atoms with E-state index in [0.717, 1.165) is 17.9 Å². The minimum absolute atomic E-state index is 0.925. The maximum atomic E-state index is 4.66. The van der Waals surface area contributed by atoms with Gasteiger partial charge >= 0.3 is 0 Å². The first-order valence-corrected chi connectivity index (χ1v) is 6.78. The summed E-state index contributed by atoms with van der Waals surface area (Å²) in [5.41, 5.74) is 1.16. The Morgan fingerprint density at radius 1 is 1.31 bits per heavy atom. The van der Waals surface area contributed by atoms with Gasteiger partial charge in [-0.1, -0.05) is 12.1 Å². The van der Waals surface area contributed by atoms with E-state index in [1.165, 1.54) is 35.6 Å². The van der Waals surface area contributed by atoms with Crippen molar-refractivity contribution in [1.82, 2.24) is 10.3 Å². The maximum absolute atomic E-state index is 4.66. The molecule has 0 radical (unpaired) electrons. The summed E-state index contributed by atoms with van der Waals surface area (Å²) in [7, 11) is 0. The minimum Gasteiger partial charge on any atom is -0.316 e. The molecule has 1 aliphatic heterocycles. The van der Waals surface area contributed by atoms with E-state index in [2.05, 4.69) is 34.6 Å². The molecule has 0 amide bonds. The summed E-state index contributed by atoms with van der Waals surface area (Å²) >= 11 is 1.85. The fourth-order valence-electron chi connectivity index (χ4n) is 2.12. The van der Waals surface area contributed by atoms with Crippen molar-refractivity contribution < 1.29 is 0 Å². The van der Waals surface area contributed by atoms with Crippen molar-refractivity contribution in [2.45, 2.75) is 19.3 Å². The molecule has 16 heavy (non-hydrogen) atoms. The summed E-state index contributed by atoms with van der Waals surface area (Å²) < 4.78 is 1.32. The molecule has 84 valence electrons. The Hall–Kier alpha value is -0.930. The van der Waals surface area contributed by atoms with Crippen LogP contribution in [0.5, 0.6) is 0 Å². The first kappa shape index (κ1) is 10.2. The van der Waals surface area contributed by atoms with Crippen LogP contribution in [0, 0.1) is 5.92 Å². The average Bonchev–Trinajstić information content (AvgIpc) is 2.64. The molecule has 3 rings (SSSR count). The highest BCUT2D eigenvalue weighted by Gasteiger charge is 2.15. The zero-order valence-electron chi connectivity index (χ0n) is 9.28. The highest BCUT2D eigenvalue weighted by atomic mass is 32.1. The Morgan fingerprint density at radius 2 is 2.19 bits per heavy atom. The second-order valence-electron chi connectivity index (χ2n) is 4.49. The molecular weight excluding hydrogens is 216 g/mol. The summed E-state index contributed by atoms with van der Waals surface area (Å²) in [6.45, 7) is 2.44. The van der Waals surface area contributed by atoms with Crippen LogP contribution in [0.3, 0.4) is 0 Å². The van der Waals surface area contributed by atoms with E-state index in [0.29, 0.717) is 0 Å². The van der Waals surface area contributed by atoms with E-state index >= 15 is 0 Å². The maximum Gasteiger partial charge on any atom is 0.0938 e. The number of hydrogen-bond acceptors (Lipinski definition) is 3. The van der Waals surface area contributed by atoms with Gasteiger partial charge in [0.15, 0.2) is 0 Å². The van der Waals surface area contributed by atoms with Crippen LogP contribution in [0.15, 0.2) is 24.3 Å². The zero-order chi connectivity index (χ0) is 10.8. The zero-order valence-corrected chi connectivity index (χ0v) is 10.1. The van der Waals surface area contributed by atoms with Crippen molar-refractivity contribution in [3.05, 3.63) is 29.3 Å². The van der Waals surface area contributed by atoms with Gasteiger partial charge in [-0.3, -0.25) is 0 Å². The fraction of sp³-hybridized carbons (Fsp3) is 0.462. The molecule has 0 unspecified atom stereocenters. The molecule has 1 fully saturated rings. The number of nitrogens with one attached hydrogen (secondary N) is 1. The lowest BCUT2D eigenvalue weighted by Gasteiger charge is -2.26. The lowest BCUT2D eigenvalue weighted by Crippen LogP contribution is -2.41. The molecule has 0 aliphatic carbocycles. The molecule has 2 heterocycles. The van der Waals surface area contributed by atoms with Gasteiger partial charge in [0.05, 0.1) is 15.2 Å². The molecule has 3 heteroatoms. The van der Waals surface area contributed by atoms with Gasteiger partial charge in [0, 0.05) is 0 Å². The van der Waals surface area contributed by atoms with Gasteiger partial charge < -0.3 is 5.32 Å². The number of para-hydroxylation sites is 1. The van der Waals surface area contributed by atoms with Gasteiger partial charge in [-0.2, -0.15) is 0 Å². The highest BCUT2D eigenvalue weighted by molar-refractivity contribution is 7.18. The van der Waals surface area contributed by atoms with Gasteiger partial charge in [0.1, 0.15) is 0 Å². The van der Waals surface area contributed by atoms with Crippen molar-refractivity contribution in [2.75, 3.05) is 13.1 Å². The normalized spacial score (nSPS) is 16.5. The third-order valence-corrected chi connectivity index (χ3v) is 4.30. The van der Waals surface area contributed by atoms with Crippen LogP contribution in [-0.2, 0) is 6.42 Å². The third-order valence-electron chi connectivity index (χ3n) is 3.21. The lowest BCUT2D eigenvalue weighted by atomic mass is 9.97. The summed E-state index contributed by atoms with van der Waals surface area (Å²) in [6.07, 6.45) is 3.78. The van der Waals surface area contributed by atoms with Crippen LogP contribution in [-0.4, -0.2) is 18.1 Å². The Morgan fingerprint density at radius 3 is 2.94 bits per heavy atom. The van der Waals surface area contributed by atoms with Crippen LogP contribution in [0.4, 0.5) is 0 Å². The largest absolute Gasteiger partial charge is 0.316 e. The van der Waals surface area contributed by atoms with Gasteiger partial charge in [0.25, 0.3) is 0 Å². The van der Waals surface area contributed by atoms with Gasteiger partial charge in [0.2, 0.25) is 0 Å². The molecule has 0 spiro atoms. The smallest absolute Gasteiger partial charge is 0.0938 e. The van der Waals surface area contributed by atoms with Gasteiger partial charge in [-0.05, 0) is 50.4 Å². The quantitative estimate of drug-likeness (QED) is 0.876. The summed E-state index contributed by atoms with van der Waals surface area (Å²) in [4.78, 5) is 4.66. The van der Waals surface area contributed by atoms with Crippen molar-refractivity contribution in [3.8, 4) is 0 Å². The number of aromatic nitrogens is 1. The van der Waals surface area contributed by atoms with Gasteiger partial charge in [-0.15, -0.1) is 11.3 Å². The number of thiazole rings is 1. The summed E-state index contributed by atoms with van der Waals surface area (Å²) in [5, 5.41) is 4.62. The number of nitrogens with zero attached hydrogens (tertiary/aromatic N) is 1. The summed E-state index contributed by atoms with van der Waals surface area (Å²) in [6, 6.07) is 8.41. The lowest BCUT2D eigenvalue weighted by molar-refractivity contribution is 0.321. The first-order chi connectivity index (χ1) is 7.92. The average molecular weight is 232 g/mol. The Kier molecular flexibility index (Phi) is 2.89. The van der Waals surface area contributed by atoms with Crippen LogP contribution in [0.1, 0.15) is 17.8 Å². The molecule has 2 aromatic rings. The fourth-order valence-corrected chi connectivity index (χ4v) is 3.13. The second-order valence-corrected chi connectivity index (χ2v) is 5.61. The molecule has 1 N–H and O–H groups in total. The van der Waals surface area contributed by atoms with E-state index in [9.17, 15) is 0 Å². The van der Waals surface area contributed by atoms with Crippen molar-refractivity contribution in [2.24, 2.45) is 5.92 Å². The first-order valence-electron chi connectivity index (χ1n) is 5.97. The monoisotopic (exact) mass is 232 g/mol. The number of fused-ring (bicyclic) bond motifs is 1. The number of aryl methyl sites for hydroxylation is 1. The van der Waals surface area contributed by atoms with Crippen LogP contribution >= 0.6 is 11.3 Å². The van der Waals surface area contributed by atoms with E-state index in [4.69, 9.17) is 0 Å². The number of hydrogen-bond donors (Lipinski definition) is 1. The van der Waals surface area contributed by atoms with Crippen LogP contribution in [0.25, 0.3) is 10.2 Å². The van der Waals surface area contributed by atoms with Gasteiger partial charge in [-0.25, -0.2) is 4.98 Å². The SMILES string of the molecule is c1ccc2sc(CCCC3CNC3)nc2c1. The third kappa shape index (κ3) is 2.11. The van der Waals surface area contributed by atoms with Crippen LogP contribution < -0.4 is 5.32 Å². The molecule has 1 aromatic carbocycles. The standard InChI is InChI=1S/C13H16N2S/c1-2-6-12-11(5-1)15-13(16-12)7-3-4-10-8-14-9-10/h1-2,5-6,10,14H,3-4,7-9H2. The molecule has 2 nitrogen and oxygen atoms in total. The Labute approximate surface area is 99.7 Å². The van der Waals surface area contributed by atoms with Crippen molar-refractivity contribution >= 4 is 21.6 Å². The van der Waals surface area contributed by atoms with E-state index in [1.54, 1.807) is 0 Å². The predicted molar refractivity (Wildman–Crippen MR) is 68.9 cm³/mol. The number of benzene rings is 1. The highest BCUT2D eigenvalue weighted by Crippen LogP contribution is 2.23. The van der Waals surface area contributed by atoms with E-state index in [-0.39, 0.29) is 0 Å². The molecule has 0 saturated carbocycles. The second kappa shape index (κ2) is 4.52. The predicted octanol–water partition coefficient (Wildman–Crippen LogP) is 2.84. The Balaban J connectivity index is 1.60. The molecule has 1 aromatic heterocycles. The Bertz CT molecular complexity index is 440. The summed E-state index contributed by atoms with van der Waals surface area (Å²) in [5.74, 6) is 0.925. The van der Waals surface area contributed by atoms with E-state index in [1.807, 2.05) is 11.3 Å². The van der Waals surface area contributed by atoms with Crippen molar-refractivity contribution in [1.29, 1.82) is 0 Å². The molecule has 1 saturated heterocycles. The number of rotatable bonds is 4. The molecular formula is C13H16N2S. The minimum atomic E-state index is 0.925. The van der Waals surface area contributed by atoms with Crippen LogP contribution in [0.2, 0.25) is 0 Å². The molecule has 0 bridgehead atoms. The molecule has 0 atom stereocenters.